The van der Waals surface area contributed by atoms with Gasteiger partial charge in [0.25, 0.3) is 0 Å². The summed E-state index contributed by atoms with van der Waals surface area (Å²) in [5.74, 6) is 7.92. The Bertz CT molecular complexity index is 717. The number of hydrogen-bond acceptors (Lipinski definition) is 2. The highest BCUT2D eigenvalue weighted by Crippen LogP contribution is 2.20. The van der Waals surface area contributed by atoms with E-state index in [1.54, 1.807) is 11.3 Å². The van der Waals surface area contributed by atoms with E-state index in [-0.39, 0.29) is 0 Å². The van der Waals surface area contributed by atoms with Crippen molar-refractivity contribution in [1.82, 2.24) is 0 Å². The predicted molar refractivity (Wildman–Crippen MR) is 83.3 cm³/mol. The molecule has 0 amide bonds. The second kappa shape index (κ2) is 6.10. The Labute approximate surface area is 122 Å². The second-order valence-corrected chi connectivity index (χ2v) is 4.98. The van der Waals surface area contributed by atoms with Crippen molar-refractivity contribution in [3.8, 4) is 23.3 Å². The Morgan fingerprint density at radius 2 is 1.40 bits per heavy atom. The first-order valence-electron chi connectivity index (χ1n) is 6.27. The fraction of sp³-hybridized carbons (Fsp3) is 0. The summed E-state index contributed by atoms with van der Waals surface area (Å²) >= 11 is 1.66. The lowest BCUT2D eigenvalue weighted by molar-refractivity contribution is 0.482. The molecule has 1 nitrogen and oxygen atoms in total. The van der Waals surface area contributed by atoms with Gasteiger partial charge in [-0.3, -0.25) is 0 Å². The van der Waals surface area contributed by atoms with E-state index < -0.39 is 0 Å². The maximum absolute atomic E-state index is 5.74. The molecule has 3 aromatic rings. The first kappa shape index (κ1) is 12.5. The van der Waals surface area contributed by atoms with E-state index in [2.05, 4.69) is 11.8 Å². The third kappa shape index (κ3) is 3.28. The lowest BCUT2D eigenvalue weighted by Gasteiger charge is -2.04. The molecule has 0 spiro atoms. The Balaban J connectivity index is 1.72. The zero-order valence-electron chi connectivity index (χ0n) is 10.7. The van der Waals surface area contributed by atoms with E-state index in [9.17, 15) is 0 Å². The summed E-state index contributed by atoms with van der Waals surface area (Å²) in [5, 5.41) is 4.07. The fourth-order valence-corrected chi connectivity index (χ4v) is 2.30. The molecule has 1 heterocycles. The summed E-state index contributed by atoms with van der Waals surface area (Å²) in [6.07, 6.45) is 0. The van der Waals surface area contributed by atoms with Gasteiger partial charge in [0.05, 0.1) is 0 Å². The molecule has 96 valence electrons. The van der Waals surface area contributed by atoms with Crippen molar-refractivity contribution >= 4 is 11.3 Å². The average molecular weight is 276 g/mol. The number of thiophene rings is 1. The molecule has 20 heavy (non-hydrogen) atoms. The molecule has 1 aromatic heterocycles. The molecule has 3 rings (SSSR count). The van der Waals surface area contributed by atoms with Crippen LogP contribution in [-0.4, -0.2) is 0 Å². The summed E-state index contributed by atoms with van der Waals surface area (Å²) in [6, 6.07) is 19.6. The number of hydrogen-bond donors (Lipinski definition) is 0. The third-order valence-electron chi connectivity index (χ3n) is 2.71. The van der Waals surface area contributed by atoms with Crippen molar-refractivity contribution in [2.45, 2.75) is 0 Å². The molecule has 0 saturated heterocycles. The fourth-order valence-electron chi connectivity index (χ4n) is 1.71. The van der Waals surface area contributed by atoms with Crippen molar-refractivity contribution in [2.75, 3.05) is 0 Å². The topological polar surface area (TPSA) is 9.23 Å². The molecule has 0 atom stereocenters. The van der Waals surface area contributed by atoms with Crippen LogP contribution in [0.25, 0.3) is 0 Å². The van der Waals surface area contributed by atoms with Crippen LogP contribution in [0.2, 0.25) is 0 Å². The largest absolute Gasteiger partial charge is 0.457 e. The maximum Gasteiger partial charge on any atom is 0.127 e. The SMILES string of the molecule is C(#Cc1ccsc1)c1ccc(Oc2ccccc2)cc1. The van der Waals surface area contributed by atoms with Crippen LogP contribution >= 0.6 is 11.3 Å². The normalized spacial score (nSPS) is 9.60. The van der Waals surface area contributed by atoms with Gasteiger partial charge in [0.1, 0.15) is 11.5 Å². The summed E-state index contributed by atoms with van der Waals surface area (Å²) < 4.78 is 5.74. The molecule has 0 aliphatic carbocycles. The van der Waals surface area contributed by atoms with Gasteiger partial charge < -0.3 is 4.74 Å². The van der Waals surface area contributed by atoms with Gasteiger partial charge in [-0.25, -0.2) is 0 Å². The van der Waals surface area contributed by atoms with E-state index in [1.165, 1.54) is 0 Å². The van der Waals surface area contributed by atoms with E-state index >= 15 is 0 Å². The lowest BCUT2D eigenvalue weighted by atomic mass is 10.2. The van der Waals surface area contributed by atoms with Crippen molar-refractivity contribution in [2.24, 2.45) is 0 Å². The van der Waals surface area contributed by atoms with Gasteiger partial charge in [-0.15, -0.1) is 0 Å². The van der Waals surface area contributed by atoms with Crippen molar-refractivity contribution in [3.63, 3.8) is 0 Å². The van der Waals surface area contributed by atoms with Gasteiger partial charge in [0, 0.05) is 16.5 Å². The molecule has 2 aromatic carbocycles. The Morgan fingerprint density at radius 3 is 2.10 bits per heavy atom. The van der Waals surface area contributed by atoms with E-state index in [1.807, 2.05) is 71.4 Å². The molecule has 0 saturated carbocycles. The van der Waals surface area contributed by atoms with Crippen LogP contribution in [0.15, 0.2) is 71.4 Å². The van der Waals surface area contributed by atoms with Crippen LogP contribution in [0.3, 0.4) is 0 Å². The zero-order valence-corrected chi connectivity index (χ0v) is 11.6. The van der Waals surface area contributed by atoms with Gasteiger partial charge in [-0.1, -0.05) is 30.0 Å². The van der Waals surface area contributed by atoms with E-state index in [4.69, 9.17) is 4.74 Å². The Morgan fingerprint density at radius 1 is 0.700 bits per heavy atom. The Kier molecular flexibility index (Phi) is 3.82. The Hall–Kier alpha value is -2.50. The summed E-state index contributed by atoms with van der Waals surface area (Å²) in [5.41, 5.74) is 2.04. The van der Waals surface area contributed by atoms with Crippen molar-refractivity contribution < 1.29 is 4.74 Å². The highest BCUT2D eigenvalue weighted by atomic mass is 32.1. The summed E-state index contributed by atoms with van der Waals surface area (Å²) in [6.45, 7) is 0. The number of rotatable bonds is 2. The summed E-state index contributed by atoms with van der Waals surface area (Å²) in [7, 11) is 0. The van der Waals surface area contributed by atoms with Crippen LogP contribution in [0.4, 0.5) is 0 Å². The lowest BCUT2D eigenvalue weighted by Crippen LogP contribution is -1.83. The smallest absolute Gasteiger partial charge is 0.127 e. The van der Waals surface area contributed by atoms with Gasteiger partial charge in [0.15, 0.2) is 0 Å². The molecule has 0 fully saturated rings. The van der Waals surface area contributed by atoms with Gasteiger partial charge in [-0.05, 0) is 47.8 Å². The van der Waals surface area contributed by atoms with E-state index in [0.29, 0.717) is 0 Å². The predicted octanol–water partition coefficient (Wildman–Crippen LogP) is 4.94. The minimum atomic E-state index is 0.817. The standard InChI is InChI=1S/C18H12OS/c1-2-4-17(5-3-1)19-18-10-8-15(9-11-18)6-7-16-12-13-20-14-16/h1-5,8-14H. The van der Waals surface area contributed by atoms with Crippen molar-refractivity contribution in [3.05, 3.63) is 82.6 Å². The number of para-hydroxylation sites is 1. The van der Waals surface area contributed by atoms with E-state index in [0.717, 1.165) is 22.6 Å². The van der Waals surface area contributed by atoms with Crippen LogP contribution in [0.5, 0.6) is 11.5 Å². The molecular weight excluding hydrogens is 264 g/mol. The summed E-state index contributed by atoms with van der Waals surface area (Å²) in [4.78, 5) is 0. The minimum absolute atomic E-state index is 0.817. The molecule has 0 radical (unpaired) electrons. The number of ether oxygens (including phenoxy) is 1. The van der Waals surface area contributed by atoms with Crippen LogP contribution in [0.1, 0.15) is 11.1 Å². The third-order valence-corrected chi connectivity index (χ3v) is 3.39. The molecule has 0 bridgehead atoms. The molecular formula is C18H12OS. The van der Waals surface area contributed by atoms with Crippen LogP contribution < -0.4 is 4.74 Å². The first-order valence-corrected chi connectivity index (χ1v) is 7.22. The second-order valence-electron chi connectivity index (χ2n) is 4.20. The quantitative estimate of drug-likeness (QED) is 0.602. The molecule has 0 unspecified atom stereocenters. The molecule has 2 heteroatoms. The van der Waals surface area contributed by atoms with Crippen LogP contribution in [-0.2, 0) is 0 Å². The molecule has 0 aliphatic rings. The highest BCUT2D eigenvalue weighted by molar-refractivity contribution is 7.08. The minimum Gasteiger partial charge on any atom is -0.457 e. The average Bonchev–Trinajstić information content (AvgIpc) is 3.01. The van der Waals surface area contributed by atoms with Gasteiger partial charge >= 0.3 is 0 Å². The van der Waals surface area contributed by atoms with Crippen molar-refractivity contribution in [1.29, 1.82) is 0 Å². The monoisotopic (exact) mass is 276 g/mol. The molecule has 0 N–H and O–H groups in total. The van der Waals surface area contributed by atoms with Gasteiger partial charge in [-0.2, -0.15) is 11.3 Å². The zero-order chi connectivity index (χ0) is 13.6. The highest BCUT2D eigenvalue weighted by Gasteiger charge is 1.96. The maximum atomic E-state index is 5.74. The number of benzene rings is 2. The van der Waals surface area contributed by atoms with Gasteiger partial charge in [0.2, 0.25) is 0 Å². The first-order chi connectivity index (χ1) is 9.90. The molecule has 0 aliphatic heterocycles. The van der Waals surface area contributed by atoms with Crippen LogP contribution in [0, 0.1) is 11.8 Å².